The highest BCUT2D eigenvalue weighted by atomic mass is 32.2. The van der Waals surface area contributed by atoms with Gasteiger partial charge in [0.15, 0.2) is 0 Å². The SMILES string of the molecule is CC(C)OCCC(C)(C)OC(CSC(F)(F)C(F)OC(F)(F)C(F)(F)C(F)(F)F)C(CSC(F)(F)C(F)OC(F)(F)C(F)(F)C(F)(F)F)OC(C)(C)CCOC(C)C. The minimum absolute atomic E-state index is 0.197. The Bertz CT molecular complexity index is 1140. The first-order chi connectivity index (χ1) is 25.5. The Labute approximate surface area is 328 Å². The number of hydrogen-bond donors (Lipinski definition) is 0. The quantitative estimate of drug-likeness (QED) is 0.0755. The molecule has 0 bridgehead atoms. The van der Waals surface area contributed by atoms with E-state index in [4.69, 9.17) is 18.9 Å². The highest BCUT2D eigenvalue weighted by Crippen LogP contribution is 2.51. The molecule has 6 nitrogen and oxygen atoms in total. The fourth-order valence-corrected chi connectivity index (χ4v) is 5.54. The highest BCUT2D eigenvalue weighted by Gasteiger charge is 2.77. The molecule has 28 heteroatoms. The Morgan fingerprint density at radius 3 is 0.914 bits per heavy atom. The molecular formula is C30H42F20O6S2. The van der Waals surface area contributed by atoms with Crippen molar-refractivity contribution in [1.29, 1.82) is 0 Å². The molecule has 0 fully saturated rings. The van der Waals surface area contributed by atoms with Crippen molar-refractivity contribution < 1.29 is 116 Å². The van der Waals surface area contributed by atoms with Crippen molar-refractivity contribution >= 4 is 23.5 Å². The lowest BCUT2D eigenvalue weighted by Gasteiger charge is -2.40. The van der Waals surface area contributed by atoms with Gasteiger partial charge in [-0.2, -0.15) is 79.0 Å². The van der Waals surface area contributed by atoms with E-state index in [0.717, 1.165) is 0 Å². The van der Waals surface area contributed by atoms with Gasteiger partial charge in [-0.25, -0.2) is 8.78 Å². The summed E-state index contributed by atoms with van der Waals surface area (Å²) in [7, 11) is 0. The Kier molecular flexibility index (Phi) is 20.2. The molecule has 0 aliphatic heterocycles. The molecule has 4 unspecified atom stereocenters. The van der Waals surface area contributed by atoms with Gasteiger partial charge in [0.05, 0.1) is 35.6 Å². The summed E-state index contributed by atoms with van der Waals surface area (Å²) in [5.41, 5.74) is -3.33. The van der Waals surface area contributed by atoms with E-state index in [1.165, 1.54) is 27.7 Å². The van der Waals surface area contributed by atoms with Crippen LogP contribution >= 0.6 is 23.5 Å². The first-order valence-electron chi connectivity index (χ1n) is 16.4. The summed E-state index contributed by atoms with van der Waals surface area (Å²) < 4.78 is 298. The first kappa shape index (κ1) is 57.1. The molecule has 0 amide bonds. The molecule has 0 aromatic heterocycles. The highest BCUT2D eigenvalue weighted by molar-refractivity contribution is 8.00. The zero-order valence-electron chi connectivity index (χ0n) is 31.5. The number of alkyl halides is 20. The predicted molar refractivity (Wildman–Crippen MR) is 168 cm³/mol. The molecule has 0 heterocycles. The van der Waals surface area contributed by atoms with Gasteiger partial charge in [0.2, 0.25) is 0 Å². The van der Waals surface area contributed by atoms with Gasteiger partial charge in [-0.3, -0.25) is 9.47 Å². The van der Waals surface area contributed by atoms with Crippen molar-refractivity contribution in [3.63, 3.8) is 0 Å². The summed E-state index contributed by atoms with van der Waals surface area (Å²) in [5, 5.41) is -11.0. The number of rotatable bonds is 27. The van der Waals surface area contributed by atoms with E-state index in [9.17, 15) is 87.8 Å². The molecule has 58 heavy (non-hydrogen) atoms. The molecule has 0 N–H and O–H groups in total. The molecule has 0 saturated heterocycles. The smallest absolute Gasteiger partial charge is 0.379 e. The molecule has 0 radical (unpaired) electrons. The lowest BCUT2D eigenvalue weighted by atomic mass is 10.0. The van der Waals surface area contributed by atoms with E-state index in [1.807, 2.05) is 0 Å². The lowest BCUT2D eigenvalue weighted by molar-refractivity contribution is -0.446. The second-order valence-electron chi connectivity index (χ2n) is 14.0. The van der Waals surface area contributed by atoms with E-state index < -0.39 is 130 Å². The van der Waals surface area contributed by atoms with E-state index >= 15 is 0 Å². The van der Waals surface area contributed by atoms with Crippen molar-refractivity contribution in [1.82, 2.24) is 0 Å². The third-order valence-electron chi connectivity index (χ3n) is 7.02. The van der Waals surface area contributed by atoms with Crippen LogP contribution in [0.1, 0.15) is 68.2 Å². The molecule has 0 aromatic carbocycles. The van der Waals surface area contributed by atoms with Crippen molar-refractivity contribution in [3.8, 4) is 0 Å². The van der Waals surface area contributed by atoms with Crippen molar-refractivity contribution in [2.24, 2.45) is 0 Å². The van der Waals surface area contributed by atoms with Crippen molar-refractivity contribution in [2.75, 3.05) is 24.7 Å². The maximum absolute atomic E-state index is 14.8. The summed E-state index contributed by atoms with van der Waals surface area (Å²) in [4.78, 5) is 0. The molecule has 0 aliphatic rings. The van der Waals surface area contributed by atoms with E-state index in [0.29, 0.717) is 0 Å². The largest absolute Gasteiger partial charge is 0.462 e. The van der Waals surface area contributed by atoms with Gasteiger partial charge in [0.1, 0.15) is 0 Å². The minimum Gasteiger partial charge on any atom is -0.379 e. The zero-order chi connectivity index (χ0) is 46.4. The fourth-order valence-electron chi connectivity index (χ4n) is 3.85. The Morgan fingerprint density at radius 1 is 0.431 bits per heavy atom. The van der Waals surface area contributed by atoms with Gasteiger partial charge in [-0.1, -0.05) is 23.5 Å². The number of halogens is 20. The summed E-state index contributed by atoms with van der Waals surface area (Å²) in [6.45, 7) is 10.6. The second-order valence-corrected chi connectivity index (χ2v) is 16.3. The zero-order valence-corrected chi connectivity index (χ0v) is 33.2. The number of thioether (sulfide) groups is 2. The molecule has 0 saturated carbocycles. The van der Waals surface area contributed by atoms with Gasteiger partial charge < -0.3 is 18.9 Å². The Balaban J connectivity index is 6.96. The predicted octanol–water partition coefficient (Wildman–Crippen LogP) is 11.8. The maximum atomic E-state index is 14.8. The van der Waals surface area contributed by atoms with Gasteiger partial charge >= 0.3 is 46.9 Å². The van der Waals surface area contributed by atoms with Gasteiger partial charge in [0.25, 0.3) is 12.7 Å². The average molecular weight is 943 g/mol. The maximum Gasteiger partial charge on any atom is 0.462 e. The molecular weight excluding hydrogens is 900 g/mol. The summed E-state index contributed by atoms with van der Waals surface area (Å²) in [6.07, 6.45) is -43.9. The average Bonchev–Trinajstić information content (AvgIpc) is 2.98. The van der Waals surface area contributed by atoms with Crippen LogP contribution in [0.5, 0.6) is 0 Å². The van der Waals surface area contributed by atoms with Crippen LogP contribution in [-0.4, -0.2) is 120 Å². The summed E-state index contributed by atoms with van der Waals surface area (Å²) in [5.74, 6) is -17.6. The fraction of sp³-hybridized carbons (Fsp3) is 1.00. The topological polar surface area (TPSA) is 55.4 Å². The molecule has 4 atom stereocenters. The Morgan fingerprint density at radius 2 is 0.690 bits per heavy atom. The van der Waals surface area contributed by atoms with Crippen LogP contribution in [0.3, 0.4) is 0 Å². The summed E-state index contributed by atoms with van der Waals surface area (Å²) in [6, 6.07) is 0. The lowest BCUT2D eigenvalue weighted by Crippen LogP contribution is -2.55. The van der Waals surface area contributed by atoms with Crippen molar-refractivity contribution in [3.05, 3.63) is 0 Å². The normalized spacial score (nSPS) is 17.3. The standard InChI is InChI=1S/C30H42F20O6S2/c1-15(2)51-11-9-21(5,6)53-17(13-57-23(33,34)19(31)55-29(47,48)25(37,38)27(41,42)43)18(54-22(7,8)10-12-52-16(3)4)14-58-24(35,36)20(32)56-30(49,50)26(39,40)28(44,45)46/h15-20H,9-14H2,1-8H3. The first-order valence-corrected chi connectivity index (χ1v) is 18.3. The number of hydrogen-bond acceptors (Lipinski definition) is 8. The van der Waals surface area contributed by atoms with Gasteiger partial charge in [0, 0.05) is 24.7 Å². The third-order valence-corrected chi connectivity index (χ3v) is 9.15. The van der Waals surface area contributed by atoms with E-state index in [-0.39, 0.29) is 26.1 Å². The Hall–Kier alpha value is -0.940. The van der Waals surface area contributed by atoms with Crippen LogP contribution in [-0.2, 0) is 28.4 Å². The van der Waals surface area contributed by atoms with Gasteiger partial charge in [-0.15, -0.1) is 0 Å². The molecule has 0 rings (SSSR count). The molecule has 0 aromatic rings. The van der Waals surface area contributed by atoms with E-state index in [2.05, 4.69) is 9.47 Å². The van der Waals surface area contributed by atoms with Crippen LogP contribution in [0.4, 0.5) is 87.8 Å². The monoisotopic (exact) mass is 942 g/mol. The van der Waals surface area contributed by atoms with Crippen LogP contribution in [0.2, 0.25) is 0 Å². The van der Waals surface area contributed by atoms with Crippen LogP contribution in [0.25, 0.3) is 0 Å². The third kappa shape index (κ3) is 17.1. The summed E-state index contributed by atoms with van der Waals surface area (Å²) >= 11 is -2.37. The van der Waals surface area contributed by atoms with Crippen LogP contribution < -0.4 is 0 Å². The molecule has 0 spiro atoms. The minimum atomic E-state index is -7.21. The van der Waals surface area contributed by atoms with Crippen molar-refractivity contribution in [2.45, 2.75) is 163 Å². The van der Waals surface area contributed by atoms with Crippen LogP contribution in [0.15, 0.2) is 0 Å². The number of ether oxygens (including phenoxy) is 6. The molecule has 0 aliphatic carbocycles. The van der Waals surface area contributed by atoms with Crippen LogP contribution in [0, 0.1) is 0 Å². The second kappa shape index (κ2) is 20.5. The van der Waals surface area contributed by atoms with Gasteiger partial charge in [-0.05, 0) is 68.2 Å². The van der Waals surface area contributed by atoms with E-state index in [1.54, 1.807) is 27.7 Å². The molecule has 350 valence electrons.